The Bertz CT molecular complexity index is 502. The molecule has 0 N–H and O–H groups in total. The van der Waals surface area contributed by atoms with E-state index in [1.54, 1.807) is 0 Å². The fourth-order valence-corrected chi connectivity index (χ4v) is 1.63. The summed E-state index contributed by atoms with van der Waals surface area (Å²) < 4.78 is 43.8. The van der Waals surface area contributed by atoms with Crippen molar-refractivity contribution in [3.05, 3.63) is 47.5 Å². The highest BCUT2D eigenvalue weighted by molar-refractivity contribution is 5.87. The second-order valence-electron chi connectivity index (χ2n) is 4.72. The lowest BCUT2D eigenvalue weighted by Crippen LogP contribution is -2.29. The van der Waals surface area contributed by atoms with E-state index in [-0.39, 0.29) is 11.1 Å². The van der Waals surface area contributed by atoms with Crippen molar-refractivity contribution in [1.82, 2.24) is 0 Å². The van der Waals surface area contributed by atoms with Gasteiger partial charge in [0.1, 0.15) is 5.60 Å². The average molecular weight is 272 g/mol. The Labute approximate surface area is 109 Å². The van der Waals surface area contributed by atoms with Gasteiger partial charge < -0.3 is 4.74 Å². The van der Waals surface area contributed by atoms with Gasteiger partial charge in [0.05, 0.1) is 5.56 Å². The number of hydrogen-bond donors (Lipinski definition) is 0. The van der Waals surface area contributed by atoms with Crippen molar-refractivity contribution in [1.29, 1.82) is 0 Å². The molecular formula is C14H15F3O2. The second-order valence-corrected chi connectivity index (χ2v) is 4.72. The standard InChI is InChI=1S/C14H15F3O2/c1-9(2)12(18)19-13(3,4)10-7-5-6-8-11(10)14(15,16)17/h5-8H,1H2,2-4H3. The van der Waals surface area contributed by atoms with Crippen LogP contribution in [0.5, 0.6) is 0 Å². The quantitative estimate of drug-likeness (QED) is 0.612. The lowest BCUT2D eigenvalue weighted by Gasteiger charge is -2.28. The number of alkyl halides is 3. The van der Waals surface area contributed by atoms with Crippen molar-refractivity contribution in [3.8, 4) is 0 Å². The van der Waals surface area contributed by atoms with Gasteiger partial charge in [-0.05, 0) is 26.8 Å². The molecule has 0 aliphatic carbocycles. The largest absolute Gasteiger partial charge is 0.451 e. The molecule has 0 saturated carbocycles. The van der Waals surface area contributed by atoms with E-state index in [1.807, 2.05) is 0 Å². The van der Waals surface area contributed by atoms with E-state index in [2.05, 4.69) is 6.58 Å². The zero-order chi connectivity index (χ0) is 14.8. The smallest absolute Gasteiger partial charge is 0.416 e. The molecule has 0 spiro atoms. The van der Waals surface area contributed by atoms with E-state index < -0.39 is 23.3 Å². The van der Waals surface area contributed by atoms with Crippen LogP contribution in [0.15, 0.2) is 36.4 Å². The molecule has 0 fully saturated rings. The summed E-state index contributed by atoms with van der Waals surface area (Å²) in [5.41, 5.74) is -2.15. The van der Waals surface area contributed by atoms with Gasteiger partial charge >= 0.3 is 12.1 Å². The second kappa shape index (κ2) is 5.07. The minimum absolute atomic E-state index is 0.0860. The first-order valence-corrected chi connectivity index (χ1v) is 5.61. The van der Waals surface area contributed by atoms with Crippen molar-refractivity contribution >= 4 is 5.97 Å². The molecule has 0 heterocycles. The Morgan fingerprint density at radius 2 is 1.63 bits per heavy atom. The average Bonchev–Trinajstić information content (AvgIpc) is 2.27. The Morgan fingerprint density at radius 1 is 1.16 bits per heavy atom. The highest BCUT2D eigenvalue weighted by Crippen LogP contribution is 2.38. The van der Waals surface area contributed by atoms with Crippen molar-refractivity contribution in [2.45, 2.75) is 32.5 Å². The Morgan fingerprint density at radius 3 is 2.05 bits per heavy atom. The molecular weight excluding hydrogens is 257 g/mol. The van der Waals surface area contributed by atoms with Crippen molar-refractivity contribution in [3.63, 3.8) is 0 Å². The molecule has 0 radical (unpaired) electrons. The summed E-state index contributed by atoms with van der Waals surface area (Å²) in [5.74, 6) is -0.720. The minimum Gasteiger partial charge on any atom is -0.451 e. The van der Waals surface area contributed by atoms with Gasteiger partial charge in [-0.1, -0.05) is 24.8 Å². The van der Waals surface area contributed by atoms with Gasteiger partial charge in [-0.15, -0.1) is 0 Å². The normalized spacial score (nSPS) is 12.1. The predicted octanol–water partition coefficient (Wildman–Crippen LogP) is 4.06. The van der Waals surface area contributed by atoms with Crippen LogP contribution in [-0.2, 0) is 21.3 Å². The molecule has 5 heteroatoms. The van der Waals surface area contributed by atoms with Gasteiger partial charge in [0, 0.05) is 11.1 Å². The van der Waals surface area contributed by atoms with Gasteiger partial charge in [0.25, 0.3) is 0 Å². The molecule has 1 rings (SSSR count). The molecule has 0 aliphatic rings. The number of esters is 1. The van der Waals surface area contributed by atoms with Crippen LogP contribution in [0.1, 0.15) is 31.9 Å². The van der Waals surface area contributed by atoms with E-state index in [0.717, 1.165) is 6.07 Å². The third-order valence-electron chi connectivity index (χ3n) is 2.58. The highest BCUT2D eigenvalue weighted by Gasteiger charge is 2.39. The molecule has 19 heavy (non-hydrogen) atoms. The first-order valence-electron chi connectivity index (χ1n) is 5.61. The summed E-state index contributed by atoms with van der Waals surface area (Å²) in [4.78, 5) is 11.5. The Hall–Kier alpha value is -1.78. The monoisotopic (exact) mass is 272 g/mol. The van der Waals surface area contributed by atoms with Crippen LogP contribution in [0.2, 0.25) is 0 Å². The molecule has 0 atom stereocenters. The van der Waals surface area contributed by atoms with Crippen molar-refractivity contribution in [2.24, 2.45) is 0 Å². The fraction of sp³-hybridized carbons (Fsp3) is 0.357. The van der Waals surface area contributed by atoms with Gasteiger partial charge in [-0.25, -0.2) is 4.79 Å². The number of carbonyl (C=O) groups excluding carboxylic acids is 1. The minimum atomic E-state index is -4.50. The maximum Gasteiger partial charge on any atom is 0.416 e. The number of rotatable bonds is 3. The van der Waals surface area contributed by atoms with Gasteiger partial charge in [-0.3, -0.25) is 0 Å². The van der Waals surface area contributed by atoms with Crippen molar-refractivity contribution in [2.75, 3.05) is 0 Å². The van der Waals surface area contributed by atoms with E-state index in [4.69, 9.17) is 4.74 Å². The molecule has 1 aromatic carbocycles. The van der Waals surface area contributed by atoms with E-state index in [0.29, 0.717) is 0 Å². The van der Waals surface area contributed by atoms with E-state index in [1.165, 1.54) is 39.0 Å². The van der Waals surface area contributed by atoms with Crippen LogP contribution >= 0.6 is 0 Å². The first-order chi connectivity index (χ1) is 8.55. The van der Waals surface area contributed by atoms with Crippen molar-refractivity contribution < 1.29 is 22.7 Å². The number of benzene rings is 1. The molecule has 0 aromatic heterocycles. The first kappa shape index (κ1) is 15.3. The van der Waals surface area contributed by atoms with Gasteiger partial charge in [0.2, 0.25) is 0 Å². The predicted molar refractivity (Wildman–Crippen MR) is 65.4 cm³/mol. The zero-order valence-corrected chi connectivity index (χ0v) is 11.0. The van der Waals surface area contributed by atoms with Crippen LogP contribution in [0.3, 0.4) is 0 Å². The SMILES string of the molecule is C=C(C)C(=O)OC(C)(C)c1ccccc1C(F)(F)F. The summed E-state index contributed by atoms with van der Waals surface area (Å²) in [6, 6.07) is 5.03. The number of ether oxygens (including phenoxy) is 1. The number of halogens is 3. The molecule has 104 valence electrons. The third-order valence-corrected chi connectivity index (χ3v) is 2.58. The van der Waals surface area contributed by atoms with Crippen LogP contribution in [0.4, 0.5) is 13.2 Å². The fourth-order valence-electron chi connectivity index (χ4n) is 1.63. The third kappa shape index (κ3) is 3.59. The molecule has 0 amide bonds. The van der Waals surface area contributed by atoms with E-state index >= 15 is 0 Å². The topological polar surface area (TPSA) is 26.3 Å². The maximum absolute atomic E-state index is 12.9. The lowest BCUT2D eigenvalue weighted by atomic mass is 9.92. The summed E-state index contributed by atoms with van der Waals surface area (Å²) in [6.45, 7) is 7.68. The zero-order valence-electron chi connectivity index (χ0n) is 11.0. The molecule has 1 aromatic rings. The number of hydrogen-bond acceptors (Lipinski definition) is 2. The van der Waals surface area contributed by atoms with E-state index in [9.17, 15) is 18.0 Å². The molecule has 0 unspecified atom stereocenters. The van der Waals surface area contributed by atoms with Crippen LogP contribution < -0.4 is 0 Å². The molecule has 2 nitrogen and oxygen atoms in total. The molecule has 0 bridgehead atoms. The maximum atomic E-state index is 12.9. The molecule has 0 aliphatic heterocycles. The van der Waals surface area contributed by atoms with Gasteiger partial charge in [-0.2, -0.15) is 13.2 Å². The lowest BCUT2D eigenvalue weighted by molar-refractivity contribution is -0.156. The van der Waals surface area contributed by atoms with Gasteiger partial charge in [0.15, 0.2) is 0 Å². The van der Waals surface area contributed by atoms with Crippen LogP contribution in [-0.4, -0.2) is 5.97 Å². The Kier molecular flexibility index (Phi) is 4.08. The number of carbonyl (C=O) groups is 1. The summed E-state index contributed by atoms with van der Waals surface area (Å²) in [6.07, 6.45) is -4.50. The van der Waals surface area contributed by atoms with Crippen LogP contribution in [0, 0.1) is 0 Å². The highest BCUT2D eigenvalue weighted by atomic mass is 19.4. The summed E-state index contributed by atoms with van der Waals surface area (Å²) in [5, 5.41) is 0. The Balaban J connectivity index is 3.22. The molecule has 0 saturated heterocycles. The van der Waals surface area contributed by atoms with Crippen LogP contribution in [0.25, 0.3) is 0 Å². The summed E-state index contributed by atoms with van der Waals surface area (Å²) >= 11 is 0. The summed E-state index contributed by atoms with van der Waals surface area (Å²) in [7, 11) is 0.